The lowest BCUT2D eigenvalue weighted by Gasteiger charge is -2.15. The molecule has 4 aromatic heterocycles. The molecule has 0 radical (unpaired) electrons. The van der Waals surface area contributed by atoms with Crippen molar-refractivity contribution in [3.8, 4) is 16.6 Å². The maximum absolute atomic E-state index is 12.9. The fraction of sp³-hybridized carbons (Fsp3) is 0.222. The zero-order valence-electron chi connectivity index (χ0n) is 14.9. The lowest BCUT2D eigenvalue weighted by atomic mass is 10.3. The van der Waals surface area contributed by atoms with Gasteiger partial charge in [0.1, 0.15) is 12.0 Å². The van der Waals surface area contributed by atoms with E-state index in [9.17, 15) is 4.79 Å². The molecule has 0 saturated carbocycles. The van der Waals surface area contributed by atoms with E-state index in [1.807, 2.05) is 44.9 Å². The molecular weight excluding hydrogens is 364 g/mol. The molecule has 4 aromatic rings. The zero-order chi connectivity index (χ0) is 18.8. The number of ether oxygens (including phenoxy) is 1. The summed E-state index contributed by atoms with van der Waals surface area (Å²) in [4.78, 5) is 27.8. The van der Waals surface area contributed by atoms with E-state index in [4.69, 9.17) is 4.74 Å². The number of likely N-dealkylation sites (N-methyl/N-ethyl adjacent to an activating group) is 1. The van der Waals surface area contributed by atoms with Crippen LogP contribution in [0.15, 0.2) is 48.5 Å². The summed E-state index contributed by atoms with van der Waals surface area (Å²) in [6, 6.07) is 5.67. The Morgan fingerprint density at radius 1 is 1.33 bits per heavy atom. The van der Waals surface area contributed by atoms with Gasteiger partial charge >= 0.3 is 0 Å². The van der Waals surface area contributed by atoms with Gasteiger partial charge in [0.25, 0.3) is 5.91 Å². The van der Waals surface area contributed by atoms with Gasteiger partial charge in [-0.05, 0) is 12.1 Å². The molecule has 8 nitrogen and oxygen atoms in total. The van der Waals surface area contributed by atoms with Crippen molar-refractivity contribution in [3.05, 3.63) is 54.2 Å². The van der Waals surface area contributed by atoms with E-state index >= 15 is 0 Å². The minimum atomic E-state index is -0.152. The van der Waals surface area contributed by atoms with Crippen molar-refractivity contribution in [1.82, 2.24) is 28.8 Å². The first-order valence-electron chi connectivity index (χ1n) is 8.34. The summed E-state index contributed by atoms with van der Waals surface area (Å²) < 4.78 is 8.79. The van der Waals surface area contributed by atoms with Crippen LogP contribution in [0.5, 0.6) is 0 Å². The summed E-state index contributed by atoms with van der Waals surface area (Å²) in [5.41, 5.74) is 1.81. The van der Waals surface area contributed by atoms with Gasteiger partial charge in [-0.1, -0.05) is 6.07 Å². The van der Waals surface area contributed by atoms with Gasteiger partial charge < -0.3 is 9.64 Å². The number of carbonyl (C=O) groups excluding carboxylic acids is 1. The van der Waals surface area contributed by atoms with E-state index in [2.05, 4.69) is 15.0 Å². The van der Waals surface area contributed by atoms with E-state index < -0.39 is 0 Å². The Morgan fingerprint density at radius 2 is 2.22 bits per heavy atom. The van der Waals surface area contributed by atoms with Crippen LogP contribution in [0.3, 0.4) is 0 Å². The summed E-state index contributed by atoms with van der Waals surface area (Å²) in [5, 5.41) is 2.73. The first-order chi connectivity index (χ1) is 13.2. The molecule has 0 unspecified atom stereocenters. The van der Waals surface area contributed by atoms with Crippen molar-refractivity contribution in [2.45, 2.75) is 0 Å². The SMILES string of the molecule is COCCN(C)C(=O)c1nc(-c2cn(-c3nccs3)cn2)n2ccccc12. The normalized spacial score (nSPS) is 11.2. The van der Waals surface area contributed by atoms with Gasteiger partial charge in [-0.2, -0.15) is 0 Å². The molecule has 0 saturated heterocycles. The molecule has 4 rings (SSSR count). The van der Waals surface area contributed by atoms with Gasteiger partial charge in [-0.3, -0.25) is 13.8 Å². The van der Waals surface area contributed by atoms with Gasteiger partial charge in [0.05, 0.1) is 12.1 Å². The predicted octanol–water partition coefficient (Wildman–Crippen LogP) is 2.36. The molecule has 0 bridgehead atoms. The van der Waals surface area contributed by atoms with Gasteiger partial charge in [-0.15, -0.1) is 11.3 Å². The molecule has 27 heavy (non-hydrogen) atoms. The number of rotatable bonds is 6. The van der Waals surface area contributed by atoms with Crippen LogP contribution in [0.4, 0.5) is 0 Å². The first-order valence-corrected chi connectivity index (χ1v) is 9.22. The van der Waals surface area contributed by atoms with E-state index in [1.54, 1.807) is 31.6 Å². The minimum Gasteiger partial charge on any atom is -0.383 e. The second-order valence-corrected chi connectivity index (χ2v) is 6.81. The second kappa shape index (κ2) is 7.29. The fourth-order valence-electron chi connectivity index (χ4n) is 2.77. The maximum Gasteiger partial charge on any atom is 0.274 e. The smallest absolute Gasteiger partial charge is 0.274 e. The summed E-state index contributed by atoms with van der Waals surface area (Å²) in [6.45, 7) is 0.967. The summed E-state index contributed by atoms with van der Waals surface area (Å²) >= 11 is 1.52. The molecule has 0 fully saturated rings. The van der Waals surface area contributed by atoms with E-state index in [-0.39, 0.29) is 5.91 Å². The molecule has 0 aliphatic rings. The Hall–Kier alpha value is -3.04. The molecule has 138 valence electrons. The van der Waals surface area contributed by atoms with Crippen molar-refractivity contribution in [3.63, 3.8) is 0 Å². The number of hydrogen-bond donors (Lipinski definition) is 0. The van der Waals surface area contributed by atoms with Crippen molar-refractivity contribution in [2.75, 3.05) is 27.3 Å². The molecule has 1 amide bonds. The highest BCUT2D eigenvalue weighted by atomic mass is 32.1. The van der Waals surface area contributed by atoms with Crippen molar-refractivity contribution < 1.29 is 9.53 Å². The largest absolute Gasteiger partial charge is 0.383 e. The summed E-state index contributed by atoms with van der Waals surface area (Å²) in [6.07, 6.45) is 7.19. The van der Waals surface area contributed by atoms with Gasteiger partial charge in [0, 0.05) is 44.7 Å². The quantitative estimate of drug-likeness (QED) is 0.512. The van der Waals surface area contributed by atoms with Crippen molar-refractivity contribution >= 4 is 22.8 Å². The Bertz CT molecular complexity index is 1070. The van der Waals surface area contributed by atoms with E-state index in [0.29, 0.717) is 30.4 Å². The average molecular weight is 382 g/mol. The standard InChI is InChI=1S/C18H18N6O2S/c1-22(8-9-26-2)17(25)15-14-5-3-4-7-24(14)16(21-15)13-11-23(12-20-13)18-19-6-10-27-18/h3-7,10-12H,8-9H2,1-2H3. The molecule has 0 aromatic carbocycles. The molecule has 0 atom stereocenters. The second-order valence-electron chi connectivity index (χ2n) is 5.94. The third-order valence-electron chi connectivity index (χ3n) is 4.18. The number of amides is 1. The number of pyridine rings is 1. The predicted molar refractivity (Wildman–Crippen MR) is 102 cm³/mol. The summed E-state index contributed by atoms with van der Waals surface area (Å²) in [5.74, 6) is 0.464. The highest BCUT2D eigenvalue weighted by Crippen LogP contribution is 2.23. The number of methoxy groups -OCH3 is 1. The van der Waals surface area contributed by atoms with Crippen LogP contribution >= 0.6 is 11.3 Å². The lowest BCUT2D eigenvalue weighted by Crippen LogP contribution is -2.30. The van der Waals surface area contributed by atoms with Crippen molar-refractivity contribution in [1.29, 1.82) is 0 Å². The summed E-state index contributed by atoms with van der Waals surface area (Å²) in [7, 11) is 3.35. The highest BCUT2D eigenvalue weighted by molar-refractivity contribution is 7.12. The average Bonchev–Trinajstić information content (AvgIpc) is 3.44. The highest BCUT2D eigenvalue weighted by Gasteiger charge is 2.22. The number of imidazole rings is 2. The Morgan fingerprint density at radius 3 is 3.00 bits per heavy atom. The van der Waals surface area contributed by atoms with E-state index in [0.717, 1.165) is 10.6 Å². The zero-order valence-corrected chi connectivity index (χ0v) is 15.8. The Labute approximate surface area is 159 Å². The van der Waals surface area contributed by atoms with Crippen LogP contribution in [-0.4, -0.2) is 62.0 Å². The van der Waals surface area contributed by atoms with Gasteiger partial charge in [-0.25, -0.2) is 15.0 Å². The van der Waals surface area contributed by atoms with Gasteiger partial charge in [0.15, 0.2) is 16.6 Å². The Balaban J connectivity index is 1.75. The number of carbonyl (C=O) groups is 1. The van der Waals surface area contributed by atoms with Crippen LogP contribution in [0, 0.1) is 0 Å². The number of fused-ring (bicyclic) bond motifs is 1. The molecule has 0 N–H and O–H groups in total. The number of thiazole rings is 1. The monoisotopic (exact) mass is 382 g/mol. The third kappa shape index (κ3) is 3.22. The number of nitrogens with zero attached hydrogens (tertiary/aromatic N) is 6. The number of aromatic nitrogens is 5. The molecule has 9 heteroatoms. The van der Waals surface area contributed by atoms with Crippen LogP contribution in [0.25, 0.3) is 22.2 Å². The number of hydrogen-bond acceptors (Lipinski definition) is 6. The molecular formula is C18H18N6O2S. The van der Waals surface area contributed by atoms with Gasteiger partial charge in [0.2, 0.25) is 0 Å². The third-order valence-corrected chi connectivity index (χ3v) is 4.97. The minimum absolute atomic E-state index is 0.152. The lowest BCUT2D eigenvalue weighted by molar-refractivity contribution is 0.0741. The van der Waals surface area contributed by atoms with Crippen LogP contribution < -0.4 is 0 Å². The van der Waals surface area contributed by atoms with E-state index in [1.165, 1.54) is 11.3 Å². The topological polar surface area (TPSA) is 77.5 Å². The fourth-order valence-corrected chi connectivity index (χ4v) is 3.36. The molecule has 0 aliphatic heterocycles. The molecule has 0 aliphatic carbocycles. The van der Waals surface area contributed by atoms with Crippen LogP contribution in [0.1, 0.15) is 10.5 Å². The van der Waals surface area contributed by atoms with Crippen molar-refractivity contribution in [2.24, 2.45) is 0 Å². The van der Waals surface area contributed by atoms with Crippen LogP contribution in [-0.2, 0) is 4.74 Å². The Kier molecular flexibility index (Phi) is 4.69. The first kappa shape index (κ1) is 17.4. The molecule has 0 spiro atoms. The van der Waals surface area contributed by atoms with Crippen LogP contribution in [0.2, 0.25) is 0 Å². The maximum atomic E-state index is 12.9. The molecule has 4 heterocycles.